The standard InChI is InChI=1S/C46H31NO/c1-2-15-40(16-3-1)47(41-25-22-33(23-26-41)44-18-9-12-32-10-4-6-17-43(32)44)42-27-24-36-28-35(20-21-37(36)30-42)34-13-8-14-38(29-34)46-31-39-11-5-7-19-45(39)48-46/h1-31H. The number of para-hydroxylation sites is 2. The van der Waals surface area contributed by atoms with Gasteiger partial charge in [0, 0.05) is 28.0 Å². The third-order valence-electron chi connectivity index (χ3n) is 9.23. The number of hydrogen-bond acceptors (Lipinski definition) is 2. The summed E-state index contributed by atoms with van der Waals surface area (Å²) in [7, 11) is 0. The summed E-state index contributed by atoms with van der Waals surface area (Å²) in [6, 6.07) is 67.0. The van der Waals surface area contributed by atoms with Gasteiger partial charge in [0.1, 0.15) is 11.3 Å². The van der Waals surface area contributed by atoms with Crippen molar-refractivity contribution in [2.75, 3.05) is 4.90 Å². The Hall–Kier alpha value is -6.38. The topological polar surface area (TPSA) is 16.4 Å². The highest BCUT2D eigenvalue weighted by molar-refractivity contribution is 5.97. The van der Waals surface area contributed by atoms with Gasteiger partial charge >= 0.3 is 0 Å². The molecule has 8 aromatic carbocycles. The van der Waals surface area contributed by atoms with E-state index in [9.17, 15) is 0 Å². The molecule has 0 amide bonds. The summed E-state index contributed by atoms with van der Waals surface area (Å²) in [4.78, 5) is 2.33. The number of rotatable bonds is 6. The zero-order chi connectivity index (χ0) is 31.9. The van der Waals surface area contributed by atoms with Gasteiger partial charge in [-0.05, 0) is 104 Å². The van der Waals surface area contributed by atoms with Crippen LogP contribution in [0.25, 0.3) is 66.1 Å². The van der Waals surface area contributed by atoms with Crippen molar-refractivity contribution < 1.29 is 4.42 Å². The summed E-state index contributed by atoms with van der Waals surface area (Å²) in [5.41, 5.74) is 10.1. The molecular weight excluding hydrogens is 583 g/mol. The van der Waals surface area contributed by atoms with E-state index in [1.807, 2.05) is 18.2 Å². The predicted molar refractivity (Wildman–Crippen MR) is 202 cm³/mol. The van der Waals surface area contributed by atoms with Crippen LogP contribution in [-0.2, 0) is 0 Å². The maximum absolute atomic E-state index is 6.17. The maximum Gasteiger partial charge on any atom is 0.135 e. The molecule has 2 nitrogen and oxygen atoms in total. The quantitative estimate of drug-likeness (QED) is 0.185. The fraction of sp³-hybridized carbons (Fsp3) is 0. The van der Waals surface area contributed by atoms with E-state index in [1.54, 1.807) is 0 Å². The van der Waals surface area contributed by atoms with Gasteiger partial charge in [0.05, 0.1) is 0 Å². The molecule has 1 heterocycles. The van der Waals surface area contributed by atoms with Gasteiger partial charge in [-0.15, -0.1) is 0 Å². The van der Waals surface area contributed by atoms with E-state index in [1.165, 1.54) is 38.2 Å². The Morgan fingerprint density at radius 2 is 0.958 bits per heavy atom. The third kappa shape index (κ3) is 5.10. The van der Waals surface area contributed by atoms with Gasteiger partial charge in [0.15, 0.2) is 0 Å². The van der Waals surface area contributed by atoms with E-state index in [4.69, 9.17) is 4.42 Å². The number of anilines is 3. The average Bonchev–Trinajstić information content (AvgIpc) is 3.60. The second kappa shape index (κ2) is 11.8. The molecule has 0 aliphatic carbocycles. The lowest BCUT2D eigenvalue weighted by atomic mass is 9.97. The van der Waals surface area contributed by atoms with Crippen molar-refractivity contribution in [3.63, 3.8) is 0 Å². The molecule has 0 fully saturated rings. The highest BCUT2D eigenvalue weighted by atomic mass is 16.3. The van der Waals surface area contributed by atoms with Gasteiger partial charge in [0.25, 0.3) is 0 Å². The Morgan fingerprint density at radius 3 is 1.83 bits per heavy atom. The molecule has 0 aliphatic heterocycles. The van der Waals surface area contributed by atoms with E-state index >= 15 is 0 Å². The van der Waals surface area contributed by atoms with Crippen LogP contribution in [0.3, 0.4) is 0 Å². The van der Waals surface area contributed by atoms with E-state index in [-0.39, 0.29) is 0 Å². The molecule has 1 aromatic heterocycles. The van der Waals surface area contributed by atoms with Crippen LogP contribution >= 0.6 is 0 Å². The number of nitrogens with zero attached hydrogens (tertiary/aromatic N) is 1. The van der Waals surface area contributed by atoms with Crippen molar-refractivity contribution in [3.05, 3.63) is 188 Å². The van der Waals surface area contributed by atoms with Crippen LogP contribution in [0.4, 0.5) is 17.1 Å². The lowest BCUT2D eigenvalue weighted by Crippen LogP contribution is -2.09. The van der Waals surface area contributed by atoms with Crippen LogP contribution in [0.2, 0.25) is 0 Å². The van der Waals surface area contributed by atoms with Gasteiger partial charge in [0.2, 0.25) is 0 Å². The van der Waals surface area contributed by atoms with Crippen LogP contribution in [0, 0.1) is 0 Å². The Labute approximate surface area is 279 Å². The van der Waals surface area contributed by atoms with Crippen LogP contribution in [-0.4, -0.2) is 0 Å². The SMILES string of the molecule is c1ccc(N(c2ccc(-c3cccc4ccccc34)cc2)c2ccc3cc(-c4cccc(-c5cc6ccccc6o5)c4)ccc3c2)cc1. The van der Waals surface area contributed by atoms with E-state index < -0.39 is 0 Å². The zero-order valence-electron chi connectivity index (χ0n) is 26.3. The smallest absolute Gasteiger partial charge is 0.135 e. The Morgan fingerprint density at radius 1 is 0.333 bits per heavy atom. The Kier molecular flexibility index (Phi) is 6.84. The zero-order valence-corrected chi connectivity index (χ0v) is 26.3. The monoisotopic (exact) mass is 613 g/mol. The minimum atomic E-state index is 0.884. The molecule has 0 radical (unpaired) electrons. The van der Waals surface area contributed by atoms with Crippen molar-refractivity contribution in [1.82, 2.24) is 0 Å². The Balaban J connectivity index is 1.06. The van der Waals surface area contributed by atoms with E-state index in [0.29, 0.717) is 0 Å². The Bertz CT molecular complexity index is 2520. The van der Waals surface area contributed by atoms with Crippen molar-refractivity contribution in [3.8, 4) is 33.6 Å². The van der Waals surface area contributed by atoms with E-state index in [2.05, 4.69) is 175 Å². The summed E-state index contributed by atoms with van der Waals surface area (Å²) in [6.07, 6.45) is 0. The van der Waals surface area contributed by atoms with Crippen LogP contribution in [0.1, 0.15) is 0 Å². The molecule has 0 saturated heterocycles. The molecule has 0 spiro atoms. The van der Waals surface area contributed by atoms with Crippen molar-refractivity contribution in [1.29, 1.82) is 0 Å². The van der Waals surface area contributed by atoms with Gasteiger partial charge in [-0.1, -0.05) is 127 Å². The second-order valence-electron chi connectivity index (χ2n) is 12.2. The molecule has 0 aliphatic rings. The molecular formula is C46H31NO. The first-order valence-electron chi connectivity index (χ1n) is 16.3. The first-order chi connectivity index (χ1) is 23.8. The summed E-state index contributed by atoms with van der Waals surface area (Å²) in [5.74, 6) is 0.884. The minimum Gasteiger partial charge on any atom is -0.456 e. The average molecular weight is 614 g/mol. The third-order valence-corrected chi connectivity index (χ3v) is 9.23. The molecule has 0 unspecified atom stereocenters. The number of fused-ring (bicyclic) bond motifs is 3. The first-order valence-corrected chi connectivity index (χ1v) is 16.3. The van der Waals surface area contributed by atoms with Crippen molar-refractivity contribution >= 4 is 49.6 Å². The van der Waals surface area contributed by atoms with Crippen LogP contribution in [0.5, 0.6) is 0 Å². The van der Waals surface area contributed by atoms with Gasteiger partial charge < -0.3 is 9.32 Å². The molecule has 0 bridgehead atoms. The number of hydrogen-bond donors (Lipinski definition) is 0. The lowest BCUT2D eigenvalue weighted by molar-refractivity contribution is 0.631. The van der Waals surface area contributed by atoms with Crippen LogP contribution < -0.4 is 4.90 Å². The second-order valence-corrected chi connectivity index (χ2v) is 12.2. The van der Waals surface area contributed by atoms with Gasteiger partial charge in [-0.2, -0.15) is 0 Å². The molecule has 0 N–H and O–H groups in total. The van der Waals surface area contributed by atoms with Crippen molar-refractivity contribution in [2.45, 2.75) is 0 Å². The summed E-state index contributed by atoms with van der Waals surface area (Å²) >= 11 is 0. The van der Waals surface area contributed by atoms with E-state index in [0.717, 1.165) is 44.9 Å². The summed E-state index contributed by atoms with van der Waals surface area (Å²) in [6.45, 7) is 0. The van der Waals surface area contributed by atoms with Gasteiger partial charge in [-0.3, -0.25) is 0 Å². The molecule has 2 heteroatoms. The normalized spacial score (nSPS) is 11.3. The fourth-order valence-electron chi connectivity index (χ4n) is 6.82. The molecule has 9 aromatic rings. The fourth-order valence-corrected chi connectivity index (χ4v) is 6.82. The molecule has 226 valence electrons. The highest BCUT2D eigenvalue weighted by Crippen LogP contribution is 2.39. The number of furan rings is 1. The predicted octanol–water partition coefficient (Wildman–Crippen LogP) is 13.2. The van der Waals surface area contributed by atoms with Crippen molar-refractivity contribution in [2.24, 2.45) is 0 Å². The lowest BCUT2D eigenvalue weighted by Gasteiger charge is -2.26. The minimum absolute atomic E-state index is 0.884. The number of benzene rings is 8. The van der Waals surface area contributed by atoms with Crippen LogP contribution in [0.15, 0.2) is 192 Å². The molecule has 0 saturated carbocycles. The first kappa shape index (κ1) is 27.9. The van der Waals surface area contributed by atoms with Gasteiger partial charge in [-0.25, -0.2) is 0 Å². The highest BCUT2D eigenvalue weighted by Gasteiger charge is 2.14. The maximum atomic E-state index is 6.17. The summed E-state index contributed by atoms with van der Waals surface area (Å²) in [5, 5.41) is 6.03. The molecule has 48 heavy (non-hydrogen) atoms. The molecule has 9 rings (SSSR count). The largest absolute Gasteiger partial charge is 0.456 e. The molecule has 0 atom stereocenters. The summed E-state index contributed by atoms with van der Waals surface area (Å²) < 4.78 is 6.17.